The van der Waals surface area contributed by atoms with Crippen LogP contribution in [0.2, 0.25) is 0 Å². The molecule has 8 nitrogen and oxygen atoms in total. The lowest BCUT2D eigenvalue weighted by Gasteiger charge is -2.19. The Morgan fingerprint density at radius 3 is 2.75 bits per heavy atom. The van der Waals surface area contributed by atoms with Crippen LogP contribution in [0.15, 0.2) is 6.07 Å². The fourth-order valence-corrected chi connectivity index (χ4v) is 3.98. The summed E-state index contributed by atoms with van der Waals surface area (Å²) in [6.07, 6.45) is 1.23. The van der Waals surface area contributed by atoms with Crippen molar-refractivity contribution in [3.8, 4) is 11.5 Å². The maximum absolute atomic E-state index is 12.6. The van der Waals surface area contributed by atoms with E-state index >= 15 is 0 Å². The molecule has 2 rings (SSSR count). The summed E-state index contributed by atoms with van der Waals surface area (Å²) in [5, 5.41) is 13.1. The lowest BCUT2D eigenvalue weighted by atomic mass is 10.0. The van der Waals surface area contributed by atoms with E-state index in [4.69, 9.17) is 14.2 Å². The maximum Gasteiger partial charge on any atom is 0.338 e. The molecule has 0 aromatic heterocycles. The van der Waals surface area contributed by atoms with E-state index in [2.05, 4.69) is 5.32 Å². The molecule has 1 aromatic carbocycles. The summed E-state index contributed by atoms with van der Waals surface area (Å²) in [6, 6.07) is 0.646. The molecule has 0 saturated carbocycles. The van der Waals surface area contributed by atoms with Gasteiger partial charge in [-0.1, -0.05) is 0 Å². The number of benzene rings is 1. The number of amides is 1. The molecule has 0 spiro atoms. The number of fused-ring (bicyclic) bond motifs is 1. The van der Waals surface area contributed by atoms with Gasteiger partial charge in [0.05, 0.1) is 26.4 Å². The molecule has 0 bridgehead atoms. The third-order valence-corrected chi connectivity index (χ3v) is 5.49. The van der Waals surface area contributed by atoms with Crippen LogP contribution in [0.1, 0.15) is 40.7 Å². The SMILES string of the molecule is COC(=O)[C@@H]1CSCc2c(O)cc(OC)c(C)c2C(=O)OCCCCC(=O)N1. The average Bonchev–Trinajstić information content (AvgIpc) is 2.67. The summed E-state index contributed by atoms with van der Waals surface area (Å²) in [5.74, 6) is -0.576. The molecule has 0 unspecified atom stereocenters. The summed E-state index contributed by atoms with van der Waals surface area (Å²) in [7, 11) is 2.72. The minimum atomic E-state index is -0.803. The fourth-order valence-electron chi connectivity index (χ4n) is 2.91. The second-order valence-corrected chi connectivity index (χ2v) is 7.36. The predicted octanol–water partition coefficient (Wildman–Crippen LogP) is 1.94. The largest absolute Gasteiger partial charge is 0.507 e. The summed E-state index contributed by atoms with van der Waals surface area (Å²) in [5.41, 5.74) is 1.24. The van der Waals surface area contributed by atoms with Crippen LogP contribution in [-0.2, 0) is 24.8 Å². The number of phenols is 1. The van der Waals surface area contributed by atoms with Gasteiger partial charge >= 0.3 is 11.9 Å². The number of hydrogen-bond donors (Lipinski definition) is 2. The molecule has 9 heteroatoms. The number of hydrogen-bond acceptors (Lipinski definition) is 8. The van der Waals surface area contributed by atoms with E-state index < -0.39 is 18.0 Å². The van der Waals surface area contributed by atoms with Gasteiger partial charge in [-0.3, -0.25) is 4.79 Å². The molecular weight excluding hydrogens is 386 g/mol. The second kappa shape index (κ2) is 10.2. The Morgan fingerprint density at radius 1 is 1.32 bits per heavy atom. The Bertz CT molecular complexity index is 750. The third-order valence-electron chi connectivity index (χ3n) is 4.43. The molecule has 1 heterocycles. The average molecular weight is 411 g/mol. The summed E-state index contributed by atoms with van der Waals surface area (Å²) in [6.45, 7) is 1.88. The number of aromatic hydroxyl groups is 1. The van der Waals surface area contributed by atoms with Crippen molar-refractivity contribution in [1.82, 2.24) is 5.32 Å². The van der Waals surface area contributed by atoms with Crippen LogP contribution in [0, 0.1) is 6.92 Å². The number of thioether (sulfide) groups is 1. The Kier molecular flexibility index (Phi) is 7.98. The third kappa shape index (κ3) is 5.31. The first kappa shape index (κ1) is 21.9. The minimum absolute atomic E-state index is 0.0901. The van der Waals surface area contributed by atoms with Gasteiger partial charge in [0.25, 0.3) is 0 Å². The van der Waals surface area contributed by atoms with Gasteiger partial charge in [0, 0.05) is 35.1 Å². The van der Waals surface area contributed by atoms with Gasteiger partial charge in [0.15, 0.2) is 0 Å². The molecule has 1 aromatic rings. The Hall–Kier alpha value is -2.42. The van der Waals surface area contributed by atoms with Crippen LogP contribution in [0.25, 0.3) is 0 Å². The van der Waals surface area contributed by atoms with Crippen LogP contribution in [0.3, 0.4) is 0 Å². The number of esters is 2. The van der Waals surface area contributed by atoms with E-state index in [-0.39, 0.29) is 41.8 Å². The predicted molar refractivity (Wildman–Crippen MR) is 104 cm³/mol. The number of carbonyl (C=O) groups is 3. The first-order valence-corrected chi connectivity index (χ1v) is 10.1. The van der Waals surface area contributed by atoms with E-state index in [1.165, 1.54) is 32.0 Å². The lowest BCUT2D eigenvalue weighted by Crippen LogP contribution is -2.43. The molecular formula is C19H25NO7S. The normalized spacial score (nSPS) is 18.9. The highest BCUT2D eigenvalue weighted by Gasteiger charge is 2.25. The van der Waals surface area contributed by atoms with Gasteiger partial charge in [-0.15, -0.1) is 0 Å². The fraction of sp³-hybridized carbons (Fsp3) is 0.526. The topological polar surface area (TPSA) is 111 Å². The van der Waals surface area contributed by atoms with E-state index in [0.717, 1.165) is 0 Å². The van der Waals surface area contributed by atoms with Crippen LogP contribution in [0.4, 0.5) is 0 Å². The number of methoxy groups -OCH3 is 2. The van der Waals surface area contributed by atoms with Crippen LogP contribution in [-0.4, -0.2) is 55.6 Å². The van der Waals surface area contributed by atoms with Crippen molar-refractivity contribution in [2.45, 2.75) is 38.0 Å². The van der Waals surface area contributed by atoms with Gasteiger partial charge in [0.1, 0.15) is 17.5 Å². The van der Waals surface area contributed by atoms with Gasteiger partial charge in [-0.2, -0.15) is 11.8 Å². The number of rotatable bonds is 2. The molecule has 28 heavy (non-hydrogen) atoms. The van der Waals surface area contributed by atoms with E-state index in [0.29, 0.717) is 29.7 Å². The van der Waals surface area contributed by atoms with Gasteiger partial charge in [-0.05, 0) is 19.8 Å². The minimum Gasteiger partial charge on any atom is -0.507 e. The highest BCUT2D eigenvalue weighted by Crippen LogP contribution is 2.35. The lowest BCUT2D eigenvalue weighted by molar-refractivity contribution is -0.144. The molecule has 1 amide bonds. The number of carbonyl (C=O) groups excluding carboxylic acids is 3. The number of nitrogens with one attached hydrogen (secondary N) is 1. The highest BCUT2D eigenvalue weighted by atomic mass is 32.2. The van der Waals surface area contributed by atoms with Crippen molar-refractivity contribution in [3.63, 3.8) is 0 Å². The van der Waals surface area contributed by atoms with Crippen molar-refractivity contribution < 1.29 is 33.7 Å². The van der Waals surface area contributed by atoms with Crippen molar-refractivity contribution >= 4 is 29.6 Å². The molecule has 0 saturated heterocycles. The van der Waals surface area contributed by atoms with E-state index in [1.54, 1.807) is 6.92 Å². The van der Waals surface area contributed by atoms with Gasteiger partial charge < -0.3 is 24.6 Å². The van der Waals surface area contributed by atoms with Crippen molar-refractivity contribution in [3.05, 3.63) is 22.8 Å². The van der Waals surface area contributed by atoms with Gasteiger partial charge in [-0.25, -0.2) is 9.59 Å². The molecule has 1 atom stereocenters. The molecule has 1 aliphatic heterocycles. The zero-order chi connectivity index (χ0) is 20.7. The molecule has 0 radical (unpaired) electrons. The zero-order valence-electron chi connectivity index (χ0n) is 16.2. The van der Waals surface area contributed by atoms with E-state index in [9.17, 15) is 19.5 Å². The maximum atomic E-state index is 12.6. The van der Waals surface area contributed by atoms with Crippen molar-refractivity contribution in [2.24, 2.45) is 0 Å². The van der Waals surface area contributed by atoms with Crippen LogP contribution in [0.5, 0.6) is 11.5 Å². The van der Waals surface area contributed by atoms with Crippen molar-refractivity contribution in [2.75, 3.05) is 26.6 Å². The number of phenolic OH excluding ortho intramolecular Hbond substituents is 1. The molecule has 2 N–H and O–H groups in total. The number of cyclic esters (lactones) is 1. The molecule has 154 valence electrons. The first-order chi connectivity index (χ1) is 13.4. The van der Waals surface area contributed by atoms with Crippen LogP contribution >= 0.6 is 11.8 Å². The van der Waals surface area contributed by atoms with Crippen molar-refractivity contribution in [1.29, 1.82) is 0 Å². The summed E-state index contributed by atoms with van der Waals surface area (Å²) >= 11 is 1.29. The second-order valence-electron chi connectivity index (χ2n) is 6.33. The standard InChI is InChI=1S/C19H25NO7S/c1-11-15(25-2)8-14(21)12-9-28-10-13(18(23)26-3)20-16(22)6-4-5-7-27-19(24)17(11)12/h8,13,21H,4-7,9-10H2,1-3H3,(H,20,22)/t13-/m0/s1. The van der Waals surface area contributed by atoms with E-state index in [1.807, 2.05) is 0 Å². The Labute approximate surface area is 167 Å². The molecule has 0 fully saturated rings. The zero-order valence-corrected chi connectivity index (χ0v) is 17.0. The molecule has 0 aliphatic carbocycles. The Morgan fingerprint density at radius 2 is 2.07 bits per heavy atom. The highest BCUT2D eigenvalue weighted by molar-refractivity contribution is 7.98. The quantitative estimate of drug-likeness (QED) is 0.711. The van der Waals surface area contributed by atoms with Gasteiger partial charge in [0.2, 0.25) is 5.91 Å². The van der Waals surface area contributed by atoms with Crippen LogP contribution < -0.4 is 10.1 Å². The molecule has 1 aliphatic rings. The number of ether oxygens (including phenoxy) is 3. The first-order valence-electron chi connectivity index (χ1n) is 8.90. The smallest absolute Gasteiger partial charge is 0.338 e. The monoisotopic (exact) mass is 411 g/mol. The summed E-state index contributed by atoms with van der Waals surface area (Å²) in [4.78, 5) is 36.6. The summed E-state index contributed by atoms with van der Waals surface area (Å²) < 4.78 is 15.3. The Balaban J connectivity index is 2.35.